The molecule has 1 unspecified atom stereocenters. The molecule has 58 valence electrons. The van der Waals surface area contributed by atoms with E-state index in [1.807, 2.05) is 6.92 Å². The fraction of sp³-hybridized carbons (Fsp3) is 0.750. The minimum atomic E-state index is 0.276. The Morgan fingerprint density at radius 2 is 2.40 bits per heavy atom. The minimum Gasteiger partial charge on any atom is -0.380 e. The molecule has 0 spiro atoms. The molecule has 0 aliphatic carbocycles. The van der Waals surface area contributed by atoms with Crippen LogP contribution in [0.15, 0.2) is 0 Å². The van der Waals surface area contributed by atoms with E-state index in [1.165, 1.54) is 0 Å². The molecule has 1 N–H and O–H groups in total. The van der Waals surface area contributed by atoms with Gasteiger partial charge in [-0.2, -0.15) is 0 Å². The van der Waals surface area contributed by atoms with Crippen molar-refractivity contribution in [2.75, 3.05) is 20.2 Å². The highest BCUT2D eigenvalue weighted by atomic mass is 16.5. The molecule has 0 saturated carbocycles. The maximum absolute atomic E-state index is 5.06. The van der Waals surface area contributed by atoms with Crippen molar-refractivity contribution in [3.63, 3.8) is 0 Å². The maximum Gasteiger partial charge on any atom is 0.0667 e. The third-order valence-corrected chi connectivity index (χ3v) is 1.28. The quantitative estimate of drug-likeness (QED) is 0.448. The zero-order valence-electron chi connectivity index (χ0n) is 6.68. The fourth-order valence-electron chi connectivity index (χ4n) is 0.549. The van der Waals surface area contributed by atoms with E-state index >= 15 is 0 Å². The topological polar surface area (TPSA) is 21.3 Å². The SMILES string of the molecule is C#CCCNCC(C)OC. The Hall–Kier alpha value is -0.520. The standard InChI is InChI=1S/C8H15NO/c1-4-5-6-9-7-8(2)10-3/h1,8-9H,5-7H2,2-3H3. The summed E-state index contributed by atoms with van der Waals surface area (Å²) in [6, 6.07) is 0. The lowest BCUT2D eigenvalue weighted by atomic mass is 10.4. The van der Waals surface area contributed by atoms with E-state index in [9.17, 15) is 0 Å². The second-order valence-electron chi connectivity index (χ2n) is 2.20. The van der Waals surface area contributed by atoms with Gasteiger partial charge in [0, 0.05) is 26.6 Å². The predicted octanol–water partition coefficient (Wildman–Crippen LogP) is 0.634. The van der Waals surface area contributed by atoms with E-state index in [1.54, 1.807) is 7.11 Å². The van der Waals surface area contributed by atoms with Crippen LogP contribution in [0.3, 0.4) is 0 Å². The van der Waals surface area contributed by atoms with Crippen LogP contribution < -0.4 is 5.32 Å². The molecule has 0 bridgehead atoms. The third kappa shape index (κ3) is 5.61. The highest BCUT2D eigenvalue weighted by Gasteiger charge is 1.95. The molecule has 0 fully saturated rings. The van der Waals surface area contributed by atoms with E-state index < -0.39 is 0 Å². The van der Waals surface area contributed by atoms with Crippen molar-refractivity contribution in [3.05, 3.63) is 0 Å². The van der Waals surface area contributed by atoms with E-state index in [0.29, 0.717) is 0 Å². The summed E-state index contributed by atoms with van der Waals surface area (Å²) < 4.78 is 5.02. The van der Waals surface area contributed by atoms with Gasteiger partial charge in [-0.25, -0.2) is 0 Å². The number of rotatable bonds is 5. The van der Waals surface area contributed by atoms with E-state index in [4.69, 9.17) is 11.2 Å². The van der Waals surface area contributed by atoms with Crippen molar-refractivity contribution in [3.8, 4) is 12.3 Å². The molecule has 1 atom stereocenters. The molecule has 0 aromatic heterocycles. The Kier molecular flexibility index (Phi) is 6.25. The number of terminal acetylenes is 1. The number of nitrogens with one attached hydrogen (secondary N) is 1. The third-order valence-electron chi connectivity index (χ3n) is 1.28. The Morgan fingerprint density at radius 3 is 2.90 bits per heavy atom. The van der Waals surface area contributed by atoms with Gasteiger partial charge in [-0.05, 0) is 6.92 Å². The van der Waals surface area contributed by atoms with Crippen LogP contribution in [0.25, 0.3) is 0 Å². The minimum absolute atomic E-state index is 0.276. The Morgan fingerprint density at radius 1 is 1.70 bits per heavy atom. The Labute approximate surface area is 63.0 Å². The van der Waals surface area contributed by atoms with Gasteiger partial charge in [0.25, 0.3) is 0 Å². The van der Waals surface area contributed by atoms with Crippen LogP contribution in [0.2, 0.25) is 0 Å². The van der Waals surface area contributed by atoms with Crippen molar-refractivity contribution < 1.29 is 4.74 Å². The second kappa shape index (κ2) is 6.60. The number of methoxy groups -OCH3 is 1. The summed E-state index contributed by atoms with van der Waals surface area (Å²) in [5.41, 5.74) is 0. The first-order valence-corrected chi connectivity index (χ1v) is 3.48. The van der Waals surface area contributed by atoms with Crippen LogP contribution in [0.5, 0.6) is 0 Å². The molecule has 2 heteroatoms. The summed E-state index contributed by atoms with van der Waals surface area (Å²) in [6.45, 7) is 3.77. The number of ether oxygens (including phenoxy) is 1. The lowest BCUT2D eigenvalue weighted by Crippen LogP contribution is -2.26. The van der Waals surface area contributed by atoms with Crippen molar-refractivity contribution in [2.45, 2.75) is 19.4 Å². The lowest BCUT2D eigenvalue weighted by molar-refractivity contribution is 0.117. The van der Waals surface area contributed by atoms with Crippen LogP contribution >= 0.6 is 0 Å². The van der Waals surface area contributed by atoms with Gasteiger partial charge in [0.05, 0.1) is 6.10 Å². The molecule has 0 aliphatic heterocycles. The van der Waals surface area contributed by atoms with E-state index in [2.05, 4.69) is 11.2 Å². The van der Waals surface area contributed by atoms with Gasteiger partial charge < -0.3 is 10.1 Å². The summed E-state index contributed by atoms with van der Waals surface area (Å²) in [6.07, 6.45) is 6.12. The van der Waals surface area contributed by atoms with Gasteiger partial charge in [0.2, 0.25) is 0 Å². The van der Waals surface area contributed by atoms with Crippen molar-refractivity contribution in [1.29, 1.82) is 0 Å². The molecule has 0 aromatic rings. The van der Waals surface area contributed by atoms with E-state index in [0.717, 1.165) is 19.5 Å². The van der Waals surface area contributed by atoms with E-state index in [-0.39, 0.29) is 6.10 Å². The molecule has 0 amide bonds. The number of hydrogen-bond acceptors (Lipinski definition) is 2. The molecule has 0 heterocycles. The molecular weight excluding hydrogens is 126 g/mol. The fourth-order valence-corrected chi connectivity index (χ4v) is 0.549. The summed E-state index contributed by atoms with van der Waals surface area (Å²) in [4.78, 5) is 0. The van der Waals surface area contributed by atoms with Crippen LogP contribution in [0.1, 0.15) is 13.3 Å². The Balaban J connectivity index is 2.98. The molecule has 10 heavy (non-hydrogen) atoms. The van der Waals surface area contributed by atoms with Crippen molar-refractivity contribution >= 4 is 0 Å². The highest BCUT2D eigenvalue weighted by Crippen LogP contribution is 1.83. The molecule has 0 radical (unpaired) electrons. The van der Waals surface area contributed by atoms with Crippen LogP contribution in [-0.2, 0) is 4.74 Å². The average Bonchev–Trinajstić information content (AvgIpc) is 1.98. The summed E-state index contributed by atoms with van der Waals surface area (Å²) in [5.74, 6) is 2.56. The molecule has 0 rings (SSSR count). The smallest absolute Gasteiger partial charge is 0.0667 e. The van der Waals surface area contributed by atoms with Crippen molar-refractivity contribution in [2.24, 2.45) is 0 Å². The zero-order chi connectivity index (χ0) is 7.82. The normalized spacial score (nSPS) is 12.5. The number of hydrogen-bond donors (Lipinski definition) is 1. The predicted molar refractivity (Wildman–Crippen MR) is 42.8 cm³/mol. The van der Waals surface area contributed by atoms with Gasteiger partial charge in [-0.15, -0.1) is 12.3 Å². The first-order chi connectivity index (χ1) is 4.81. The van der Waals surface area contributed by atoms with Gasteiger partial charge in [-0.1, -0.05) is 0 Å². The Bertz CT molecular complexity index is 106. The molecule has 0 saturated heterocycles. The lowest BCUT2D eigenvalue weighted by Gasteiger charge is -2.08. The van der Waals surface area contributed by atoms with Crippen molar-refractivity contribution in [1.82, 2.24) is 5.32 Å². The average molecular weight is 141 g/mol. The largest absolute Gasteiger partial charge is 0.380 e. The molecular formula is C8H15NO. The van der Waals surface area contributed by atoms with Gasteiger partial charge in [0.1, 0.15) is 0 Å². The zero-order valence-corrected chi connectivity index (χ0v) is 6.68. The highest BCUT2D eigenvalue weighted by molar-refractivity contribution is 4.84. The van der Waals surface area contributed by atoms with Crippen LogP contribution in [0.4, 0.5) is 0 Å². The summed E-state index contributed by atoms with van der Waals surface area (Å²) in [5, 5.41) is 3.17. The second-order valence-corrected chi connectivity index (χ2v) is 2.20. The molecule has 0 aromatic carbocycles. The maximum atomic E-state index is 5.06. The monoisotopic (exact) mass is 141 g/mol. The first-order valence-electron chi connectivity index (χ1n) is 3.48. The summed E-state index contributed by atoms with van der Waals surface area (Å²) in [7, 11) is 1.70. The summed E-state index contributed by atoms with van der Waals surface area (Å²) >= 11 is 0. The van der Waals surface area contributed by atoms with Crippen LogP contribution in [-0.4, -0.2) is 26.3 Å². The van der Waals surface area contributed by atoms with Gasteiger partial charge in [-0.3, -0.25) is 0 Å². The molecule has 2 nitrogen and oxygen atoms in total. The molecule has 0 aliphatic rings. The van der Waals surface area contributed by atoms with Gasteiger partial charge in [0.15, 0.2) is 0 Å². The first kappa shape index (κ1) is 9.48. The van der Waals surface area contributed by atoms with Gasteiger partial charge >= 0.3 is 0 Å². The van der Waals surface area contributed by atoms with Crippen LogP contribution in [0, 0.1) is 12.3 Å².